The molecule has 1 saturated carbocycles. The molecule has 1 heterocycles. The Morgan fingerprint density at radius 2 is 2.20 bits per heavy atom. The first kappa shape index (κ1) is 14.3. The van der Waals surface area contributed by atoms with Crippen LogP contribution in [0.3, 0.4) is 0 Å². The Kier molecular flexibility index (Phi) is 3.57. The average Bonchev–Trinajstić information content (AvgIpc) is 2.67. The standard InChI is InChI=1S/C15H17BrClFN2/c1-9(17)14-19-12-7-11(18)10(16)6-13(12)20(14)8-15(2)4-3-5-15/h6-7,9H,3-5,8H2,1-2H3. The predicted molar refractivity (Wildman–Crippen MR) is 83.6 cm³/mol. The summed E-state index contributed by atoms with van der Waals surface area (Å²) in [5.41, 5.74) is 1.94. The van der Waals surface area contributed by atoms with Crippen LogP contribution < -0.4 is 0 Å². The van der Waals surface area contributed by atoms with Crippen LogP contribution in [0, 0.1) is 11.2 Å². The molecule has 0 N–H and O–H groups in total. The fourth-order valence-corrected chi connectivity index (χ4v) is 3.43. The zero-order valence-electron chi connectivity index (χ0n) is 11.6. The van der Waals surface area contributed by atoms with Crippen molar-refractivity contribution in [3.63, 3.8) is 0 Å². The maximum Gasteiger partial charge on any atom is 0.139 e. The average molecular weight is 360 g/mol. The lowest BCUT2D eigenvalue weighted by Crippen LogP contribution is -2.31. The first-order chi connectivity index (χ1) is 9.39. The van der Waals surface area contributed by atoms with E-state index in [1.54, 1.807) is 0 Å². The van der Waals surface area contributed by atoms with E-state index < -0.39 is 0 Å². The van der Waals surface area contributed by atoms with Crippen LogP contribution in [0.25, 0.3) is 11.0 Å². The zero-order valence-corrected chi connectivity index (χ0v) is 13.9. The highest BCUT2D eigenvalue weighted by atomic mass is 79.9. The van der Waals surface area contributed by atoms with Crippen molar-refractivity contribution in [2.75, 3.05) is 0 Å². The van der Waals surface area contributed by atoms with Gasteiger partial charge in [-0.05, 0) is 47.2 Å². The van der Waals surface area contributed by atoms with Crippen LogP contribution >= 0.6 is 27.5 Å². The molecule has 0 bridgehead atoms. The molecule has 0 amide bonds. The molecule has 1 fully saturated rings. The zero-order chi connectivity index (χ0) is 14.5. The van der Waals surface area contributed by atoms with Crippen molar-refractivity contribution < 1.29 is 4.39 Å². The molecular weight excluding hydrogens is 343 g/mol. The van der Waals surface area contributed by atoms with Gasteiger partial charge >= 0.3 is 0 Å². The van der Waals surface area contributed by atoms with Crippen molar-refractivity contribution in [2.45, 2.75) is 45.0 Å². The summed E-state index contributed by atoms with van der Waals surface area (Å²) >= 11 is 9.52. The topological polar surface area (TPSA) is 17.8 Å². The Morgan fingerprint density at radius 1 is 1.50 bits per heavy atom. The predicted octanol–water partition coefficient (Wildman–Crippen LogP) is 5.43. The fraction of sp³-hybridized carbons (Fsp3) is 0.533. The molecular formula is C15H17BrClFN2. The van der Waals surface area contributed by atoms with Gasteiger partial charge in [-0.25, -0.2) is 9.37 Å². The molecule has 108 valence electrons. The highest BCUT2D eigenvalue weighted by Gasteiger charge is 2.33. The molecule has 20 heavy (non-hydrogen) atoms. The molecule has 1 atom stereocenters. The minimum absolute atomic E-state index is 0.187. The normalized spacial score (nSPS) is 19.1. The van der Waals surface area contributed by atoms with Crippen LogP contribution in [0.5, 0.6) is 0 Å². The lowest BCUT2D eigenvalue weighted by Gasteiger charge is -2.39. The number of nitrogens with zero attached hydrogens (tertiary/aromatic N) is 2. The smallest absolute Gasteiger partial charge is 0.139 e. The van der Waals surface area contributed by atoms with E-state index in [2.05, 4.69) is 32.4 Å². The summed E-state index contributed by atoms with van der Waals surface area (Å²) in [6, 6.07) is 3.28. The van der Waals surface area contributed by atoms with Gasteiger partial charge in [-0.2, -0.15) is 0 Å². The fourth-order valence-electron chi connectivity index (χ4n) is 2.93. The molecule has 1 unspecified atom stereocenters. The minimum atomic E-state index is -0.286. The number of rotatable bonds is 3. The third-order valence-corrected chi connectivity index (χ3v) is 5.08. The first-order valence-electron chi connectivity index (χ1n) is 6.89. The van der Waals surface area contributed by atoms with Crippen LogP contribution in [0.15, 0.2) is 16.6 Å². The van der Waals surface area contributed by atoms with Gasteiger partial charge in [0.1, 0.15) is 11.6 Å². The van der Waals surface area contributed by atoms with Crippen molar-refractivity contribution in [3.05, 3.63) is 28.2 Å². The Morgan fingerprint density at radius 3 is 2.75 bits per heavy atom. The number of hydrogen-bond acceptors (Lipinski definition) is 1. The molecule has 1 aliphatic rings. The Balaban J connectivity index is 2.15. The van der Waals surface area contributed by atoms with Gasteiger partial charge in [0.2, 0.25) is 0 Å². The second kappa shape index (κ2) is 4.99. The van der Waals surface area contributed by atoms with Crippen LogP contribution in [-0.2, 0) is 6.54 Å². The lowest BCUT2D eigenvalue weighted by atomic mass is 9.70. The molecule has 0 saturated heterocycles. The van der Waals surface area contributed by atoms with Gasteiger partial charge < -0.3 is 4.57 Å². The van der Waals surface area contributed by atoms with Gasteiger partial charge in [0.25, 0.3) is 0 Å². The summed E-state index contributed by atoms with van der Waals surface area (Å²) in [5.74, 6) is 0.540. The Hall–Kier alpha value is -0.610. The lowest BCUT2D eigenvalue weighted by molar-refractivity contribution is 0.132. The number of alkyl halides is 1. The number of benzene rings is 1. The van der Waals surface area contributed by atoms with E-state index in [-0.39, 0.29) is 11.2 Å². The number of imidazole rings is 1. The van der Waals surface area contributed by atoms with Gasteiger partial charge in [0.15, 0.2) is 0 Å². The molecule has 2 nitrogen and oxygen atoms in total. The third-order valence-electron chi connectivity index (χ3n) is 4.28. The number of hydrogen-bond donors (Lipinski definition) is 0. The van der Waals surface area contributed by atoms with E-state index in [0.717, 1.165) is 17.9 Å². The van der Waals surface area contributed by atoms with Gasteiger partial charge in [-0.1, -0.05) is 13.3 Å². The summed E-state index contributed by atoms with van der Waals surface area (Å²) in [4.78, 5) is 4.53. The minimum Gasteiger partial charge on any atom is -0.326 e. The molecule has 0 spiro atoms. The largest absolute Gasteiger partial charge is 0.326 e. The SMILES string of the molecule is CC(Cl)c1nc2cc(F)c(Br)cc2n1CC1(C)CCC1. The van der Waals surface area contributed by atoms with E-state index >= 15 is 0 Å². The van der Waals surface area contributed by atoms with Crippen molar-refractivity contribution in [3.8, 4) is 0 Å². The van der Waals surface area contributed by atoms with Gasteiger partial charge in [0.05, 0.1) is 20.9 Å². The third kappa shape index (κ3) is 2.37. The highest BCUT2D eigenvalue weighted by molar-refractivity contribution is 9.10. The van der Waals surface area contributed by atoms with Crippen LogP contribution in [0.1, 0.15) is 44.3 Å². The molecule has 0 aliphatic heterocycles. The van der Waals surface area contributed by atoms with E-state index in [1.807, 2.05) is 13.0 Å². The first-order valence-corrected chi connectivity index (χ1v) is 8.12. The van der Waals surface area contributed by atoms with Crippen molar-refractivity contribution in [1.29, 1.82) is 0 Å². The summed E-state index contributed by atoms with van der Waals surface area (Å²) in [6.07, 6.45) is 3.74. The second-order valence-corrected chi connectivity index (χ2v) is 7.60. The van der Waals surface area contributed by atoms with Crippen molar-refractivity contribution in [2.24, 2.45) is 5.41 Å². The van der Waals surface area contributed by atoms with E-state index in [1.165, 1.54) is 25.3 Å². The highest BCUT2D eigenvalue weighted by Crippen LogP contribution is 2.43. The quantitative estimate of drug-likeness (QED) is 0.668. The number of aromatic nitrogens is 2. The molecule has 0 radical (unpaired) electrons. The second-order valence-electron chi connectivity index (χ2n) is 6.09. The number of halogens is 3. The molecule has 3 rings (SSSR count). The molecule has 1 aromatic heterocycles. The maximum atomic E-state index is 13.7. The van der Waals surface area contributed by atoms with Crippen LogP contribution in [0.4, 0.5) is 4.39 Å². The van der Waals surface area contributed by atoms with Gasteiger partial charge in [0, 0.05) is 12.6 Å². The summed E-state index contributed by atoms with van der Waals surface area (Å²) < 4.78 is 16.3. The number of fused-ring (bicyclic) bond motifs is 1. The maximum absolute atomic E-state index is 13.7. The Labute approximate surface area is 131 Å². The molecule has 1 aromatic carbocycles. The summed E-state index contributed by atoms with van der Waals surface area (Å²) in [5, 5.41) is -0.187. The van der Waals surface area contributed by atoms with E-state index in [9.17, 15) is 4.39 Å². The monoisotopic (exact) mass is 358 g/mol. The Bertz CT molecular complexity index is 661. The van der Waals surface area contributed by atoms with Gasteiger partial charge in [-0.3, -0.25) is 0 Å². The molecule has 2 aromatic rings. The van der Waals surface area contributed by atoms with Crippen molar-refractivity contribution >= 4 is 38.6 Å². The summed E-state index contributed by atoms with van der Waals surface area (Å²) in [6.45, 7) is 5.10. The van der Waals surface area contributed by atoms with E-state index in [0.29, 0.717) is 15.4 Å². The van der Waals surface area contributed by atoms with Gasteiger partial charge in [-0.15, -0.1) is 11.6 Å². The summed E-state index contributed by atoms with van der Waals surface area (Å²) in [7, 11) is 0. The molecule has 1 aliphatic carbocycles. The van der Waals surface area contributed by atoms with E-state index in [4.69, 9.17) is 11.6 Å². The molecule has 5 heteroatoms. The van der Waals surface area contributed by atoms with Crippen LogP contribution in [0.2, 0.25) is 0 Å². The van der Waals surface area contributed by atoms with Crippen LogP contribution in [-0.4, -0.2) is 9.55 Å². The van der Waals surface area contributed by atoms with Crippen molar-refractivity contribution in [1.82, 2.24) is 9.55 Å².